The number of ether oxygens (including phenoxy) is 1. The van der Waals surface area contributed by atoms with Gasteiger partial charge < -0.3 is 9.84 Å². The molecule has 0 saturated carbocycles. The third kappa shape index (κ3) is 5.28. The third-order valence-electron chi connectivity index (χ3n) is 5.75. The molecule has 1 N–H and O–H groups in total. The Labute approximate surface area is 194 Å². The van der Waals surface area contributed by atoms with E-state index in [1.165, 1.54) is 5.56 Å². The number of hydrogen-bond acceptors (Lipinski definition) is 4. The number of aromatic nitrogens is 1. The van der Waals surface area contributed by atoms with Gasteiger partial charge in [0.15, 0.2) is 0 Å². The summed E-state index contributed by atoms with van der Waals surface area (Å²) in [5, 5.41) is 9.97. The summed E-state index contributed by atoms with van der Waals surface area (Å²) in [5.41, 5.74) is 3.41. The van der Waals surface area contributed by atoms with E-state index in [1.54, 1.807) is 35.6 Å². The second-order valence-corrected chi connectivity index (χ2v) is 9.77. The fourth-order valence-corrected chi connectivity index (χ4v) is 4.51. The number of benzene rings is 2. The number of carboxylic acid groups (broad SMARTS) is 1. The highest BCUT2D eigenvalue weighted by atomic mass is 32.1. The van der Waals surface area contributed by atoms with Crippen molar-refractivity contribution in [2.24, 2.45) is 5.92 Å². The van der Waals surface area contributed by atoms with Crippen molar-refractivity contribution in [3.05, 3.63) is 72.4 Å². The zero-order valence-corrected chi connectivity index (χ0v) is 20.0. The standard InChI is InChI=1S/C27H31NO3S/c1-6-14-27(5,7-2)22-15-21(12-13-23(22)31-17-18(3)4)24-16-28-25(32-24)19-8-10-20(11-9-19)26(29)30/h6,8-13,15-16,18H,1,7,14,17H2,2-5H3,(H,29,30). The van der Waals surface area contributed by atoms with Gasteiger partial charge in [-0.05, 0) is 60.1 Å². The van der Waals surface area contributed by atoms with Gasteiger partial charge in [-0.25, -0.2) is 9.78 Å². The Morgan fingerprint density at radius 2 is 1.91 bits per heavy atom. The molecule has 5 heteroatoms. The Morgan fingerprint density at radius 1 is 1.22 bits per heavy atom. The molecule has 1 heterocycles. The van der Waals surface area contributed by atoms with Crippen LogP contribution < -0.4 is 4.74 Å². The van der Waals surface area contributed by atoms with Gasteiger partial charge in [0.1, 0.15) is 10.8 Å². The molecular formula is C27H31NO3S. The van der Waals surface area contributed by atoms with Gasteiger partial charge in [-0.3, -0.25) is 0 Å². The third-order valence-corrected chi connectivity index (χ3v) is 6.84. The van der Waals surface area contributed by atoms with E-state index in [-0.39, 0.29) is 11.0 Å². The molecule has 1 unspecified atom stereocenters. The lowest BCUT2D eigenvalue weighted by Crippen LogP contribution is -2.22. The molecule has 168 valence electrons. The van der Waals surface area contributed by atoms with Crippen LogP contribution in [-0.2, 0) is 5.41 Å². The summed E-state index contributed by atoms with van der Waals surface area (Å²) in [6.07, 6.45) is 5.71. The topological polar surface area (TPSA) is 59.4 Å². The van der Waals surface area contributed by atoms with Gasteiger partial charge in [0.25, 0.3) is 0 Å². The molecule has 2 aromatic carbocycles. The van der Waals surface area contributed by atoms with E-state index < -0.39 is 5.97 Å². The minimum Gasteiger partial charge on any atom is -0.493 e. The van der Waals surface area contributed by atoms with Crippen molar-refractivity contribution in [2.75, 3.05) is 6.61 Å². The number of aromatic carboxylic acids is 1. The number of carboxylic acids is 1. The van der Waals surface area contributed by atoms with Crippen LogP contribution in [0.5, 0.6) is 5.75 Å². The van der Waals surface area contributed by atoms with Gasteiger partial charge in [0.05, 0.1) is 17.0 Å². The Kier molecular flexibility index (Phi) is 7.52. The molecule has 0 spiro atoms. The molecule has 3 rings (SSSR count). The molecule has 3 aromatic rings. The molecule has 4 nitrogen and oxygen atoms in total. The summed E-state index contributed by atoms with van der Waals surface area (Å²) in [6.45, 7) is 13.4. The predicted molar refractivity (Wildman–Crippen MR) is 133 cm³/mol. The van der Waals surface area contributed by atoms with Crippen LogP contribution in [0.1, 0.15) is 56.5 Å². The highest BCUT2D eigenvalue weighted by molar-refractivity contribution is 7.18. The van der Waals surface area contributed by atoms with Crippen LogP contribution in [0, 0.1) is 5.92 Å². The number of nitrogens with zero attached hydrogens (tertiary/aromatic N) is 1. The number of rotatable bonds is 10. The van der Waals surface area contributed by atoms with Gasteiger partial charge >= 0.3 is 5.97 Å². The summed E-state index contributed by atoms with van der Waals surface area (Å²) in [7, 11) is 0. The average molecular weight is 450 g/mol. The Balaban J connectivity index is 1.98. The predicted octanol–water partition coefficient (Wildman–Crippen LogP) is 7.45. The van der Waals surface area contributed by atoms with Gasteiger partial charge in [-0.2, -0.15) is 0 Å². The van der Waals surface area contributed by atoms with Crippen LogP contribution in [0.15, 0.2) is 61.3 Å². The van der Waals surface area contributed by atoms with Crippen LogP contribution in [0.2, 0.25) is 0 Å². The SMILES string of the molecule is C=CCC(C)(CC)c1cc(-c2cnc(-c3ccc(C(=O)O)cc3)s2)ccc1OCC(C)C. The normalized spacial score (nSPS) is 13.0. The summed E-state index contributed by atoms with van der Waals surface area (Å²) >= 11 is 1.60. The first-order valence-electron chi connectivity index (χ1n) is 11.0. The van der Waals surface area contributed by atoms with Crippen molar-refractivity contribution in [3.63, 3.8) is 0 Å². The van der Waals surface area contributed by atoms with E-state index in [4.69, 9.17) is 9.84 Å². The zero-order valence-electron chi connectivity index (χ0n) is 19.2. The lowest BCUT2D eigenvalue weighted by atomic mass is 9.76. The summed E-state index contributed by atoms with van der Waals surface area (Å²) in [5.74, 6) is 0.455. The molecule has 0 aliphatic rings. The maximum atomic E-state index is 11.1. The first kappa shape index (κ1) is 23.7. The average Bonchev–Trinajstić information content (AvgIpc) is 3.28. The largest absolute Gasteiger partial charge is 0.493 e. The first-order valence-corrected chi connectivity index (χ1v) is 11.8. The monoisotopic (exact) mass is 449 g/mol. The smallest absolute Gasteiger partial charge is 0.335 e. The van der Waals surface area contributed by atoms with E-state index in [2.05, 4.69) is 57.5 Å². The lowest BCUT2D eigenvalue weighted by molar-refractivity contribution is 0.0697. The Morgan fingerprint density at radius 3 is 2.50 bits per heavy atom. The molecule has 0 amide bonds. The Hall–Kier alpha value is -2.92. The molecule has 0 aliphatic heterocycles. The number of hydrogen-bond donors (Lipinski definition) is 1. The first-order chi connectivity index (χ1) is 15.3. The molecule has 0 fully saturated rings. The summed E-state index contributed by atoms with van der Waals surface area (Å²) in [4.78, 5) is 16.8. The molecule has 0 aliphatic carbocycles. The van der Waals surface area contributed by atoms with Gasteiger partial charge in [-0.1, -0.05) is 45.9 Å². The van der Waals surface area contributed by atoms with E-state index >= 15 is 0 Å². The van der Waals surface area contributed by atoms with Crippen molar-refractivity contribution in [1.29, 1.82) is 0 Å². The summed E-state index contributed by atoms with van der Waals surface area (Å²) in [6, 6.07) is 13.2. The maximum absolute atomic E-state index is 11.1. The van der Waals surface area contributed by atoms with E-state index in [0.29, 0.717) is 12.5 Å². The molecule has 1 atom stereocenters. The van der Waals surface area contributed by atoms with Crippen LogP contribution in [-0.4, -0.2) is 22.7 Å². The molecule has 0 radical (unpaired) electrons. The van der Waals surface area contributed by atoms with Crippen molar-refractivity contribution in [1.82, 2.24) is 4.98 Å². The highest BCUT2D eigenvalue weighted by Crippen LogP contribution is 2.41. The number of thiazole rings is 1. The lowest BCUT2D eigenvalue weighted by Gasteiger charge is -2.30. The van der Waals surface area contributed by atoms with E-state index in [0.717, 1.165) is 39.6 Å². The van der Waals surface area contributed by atoms with Crippen LogP contribution >= 0.6 is 11.3 Å². The van der Waals surface area contributed by atoms with Crippen molar-refractivity contribution in [2.45, 2.75) is 46.0 Å². The highest BCUT2D eigenvalue weighted by Gasteiger charge is 2.27. The van der Waals surface area contributed by atoms with Crippen LogP contribution in [0.4, 0.5) is 0 Å². The number of allylic oxidation sites excluding steroid dienone is 1. The number of carbonyl (C=O) groups is 1. The quantitative estimate of drug-likeness (QED) is 0.326. The maximum Gasteiger partial charge on any atom is 0.335 e. The summed E-state index contributed by atoms with van der Waals surface area (Å²) < 4.78 is 6.19. The van der Waals surface area contributed by atoms with E-state index in [9.17, 15) is 4.79 Å². The molecule has 32 heavy (non-hydrogen) atoms. The van der Waals surface area contributed by atoms with Crippen molar-refractivity contribution < 1.29 is 14.6 Å². The second-order valence-electron chi connectivity index (χ2n) is 8.73. The van der Waals surface area contributed by atoms with Crippen LogP contribution in [0.3, 0.4) is 0 Å². The molecule has 1 aromatic heterocycles. The van der Waals surface area contributed by atoms with E-state index in [1.807, 2.05) is 12.3 Å². The minimum absolute atomic E-state index is 0.0652. The van der Waals surface area contributed by atoms with Gasteiger partial charge in [0, 0.05) is 17.3 Å². The van der Waals surface area contributed by atoms with Crippen LogP contribution in [0.25, 0.3) is 21.0 Å². The van der Waals surface area contributed by atoms with Gasteiger partial charge in [0.2, 0.25) is 0 Å². The molecule has 0 saturated heterocycles. The van der Waals surface area contributed by atoms with Crippen molar-refractivity contribution >= 4 is 17.3 Å². The zero-order chi connectivity index (χ0) is 23.3. The Bertz CT molecular complexity index is 1080. The fourth-order valence-electron chi connectivity index (χ4n) is 3.60. The van der Waals surface area contributed by atoms with Crippen molar-refractivity contribution in [3.8, 4) is 26.8 Å². The molecular weight excluding hydrogens is 418 g/mol. The fraction of sp³-hybridized carbons (Fsp3) is 0.333. The second kappa shape index (κ2) is 10.1. The van der Waals surface area contributed by atoms with Gasteiger partial charge in [-0.15, -0.1) is 17.9 Å². The minimum atomic E-state index is -0.929. The molecule has 0 bridgehead atoms.